The molecule has 0 aliphatic carbocycles. The van der Waals surface area contributed by atoms with Gasteiger partial charge in [0.2, 0.25) is 5.13 Å². The number of anilines is 1. The molecule has 0 spiro atoms. The number of benzene rings is 1. The third-order valence-electron chi connectivity index (χ3n) is 2.74. The average molecular weight is 333 g/mol. The molecule has 1 aromatic heterocycles. The molecule has 0 saturated carbocycles. The van der Waals surface area contributed by atoms with Gasteiger partial charge in [-0.2, -0.15) is 5.10 Å². The number of rotatable bonds is 7. The van der Waals surface area contributed by atoms with E-state index in [9.17, 15) is 9.59 Å². The van der Waals surface area contributed by atoms with Crippen molar-refractivity contribution in [2.45, 2.75) is 13.3 Å². The monoisotopic (exact) mass is 333 g/mol. The van der Waals surface area contributed by atoms with E-state index in [1.165, 1.54) is 23.6 Å². The highest BCUT2D eigenvalue weighted by Crippen LogP contribution is 2.16. The van der Waals surface area contributed by atoms with Gasteiger partial charge in [0.25, 0.3) is 0 Å². The highest BCUT2D eigenvalue weighted by Gasteiger charge is 2.08. The number of carbonyl (C=O) groups is 2. The standard InChI is InChI=1S/C15H15N3O4S/c1-2-22-13(19)7-11-9-23-15(17-11)18-16-8-10-5-3-4-6-12(10)14(20)21/h3-6,8-9H,2,7H2,1H3,(H,17,18)(H,20,21). The lowest BCUT2D eigenvalue weighted by atomic mass is 10.1. The molecular formula is C15H15N3O4S. The lowest BCUT2D eigenvalue weighted by molar-refractivity contribution is -0.142. The van der Waals surface area contributed by atoms with Gasteiger partial charge in [0.15, 0.2) is 0 Å². The van der Waals surface area contributed by atoms with Crippen molar-refractivity contribution in [3.63, 3.8) is 0 Å². The van der Waals surface area contributed by atoms with E-state index in [-0.39, 0.29) is 18.0 Å². The summed E-state index contributed by atoms with van der Waals surface area (Å²) in [6, 6.07) is 6.54. The van der Waals surface area contributed by atoms with Crippen LogP contribution in [0.25, 0.3) is 0 Å². The van der Waals surface area contributed by atoms with Gasteiger partial charge in [0, 0.05) is 10.9 Å². The number of ether oxygens (including phenoxy) is 1. The Hall–Kier alpha value is -2.74. The summed E-state index contributed by atoms with van der Waals surface area (Å²) >= 11 is 1.30. The van der Waals surface area contributed by atoms with Crippen molar-refractivity contribution >= 4 is 34.6 Å². The summed E-state index contributed by atoms with van der Waals surface area (Å²) in [5.41, 5.74) is 3.96. The zero-order valence-corrected chi connectivity index (χ0v) is 13.2. The number of carboxylic acid groups (broad SMARTS) is 1. The smallest absolute Gasteiger partial charge is 0.336 e. The van der Waals surface area contributed by atoms with E-state index in [1.54, 1.807) is 30.5 Å². The minimum atomic E-state index is -1.02. The molecule has 1 aromatic carbocycles. The number of aromatic nitrogens is 1. The Morgan fingerprint density at radius 1 is 1.43 bits per heavy atom. The van der Waals surface area contributed by atoms with Crippen molar-refractivity contribution in [3.8, 4) is 0 Å². The number of nitrogens with zero attached hydrogens (tertiary/aromatic N) is 2. The van der Waals surface area contributed by atoms with Crippen LogP contribution in [0.2, 0.25) is 0 Å². The van der Waals surface area contributed by atoms with Crippen molar-refractivity contribution in [3.05, 3.63) is 46.5 Å². The molecule has 2 aromatic rings. The molecule has 1 heterocycles. The molecule has 0 fully saturated rings. The van der Waals surface area contributed by atoms with Gasteiger partial charge in [0.1, 0.15) is 0 Å². The maximum absolute atomic E-state index is 11.4. The third kappa shape index (κ3) is 4.89. The SMILES string of the molecule is CCOC(=O)Cc1csc(NN=Cc2ccccc2C(=O)O)n1. The predicted octanol–water partition coefficient (Wildman–Crippen LogP) is 2.39. The van der Waals surface area contributed by atoms with Crippen LogP contribution in [0.5, 0.6) is 0 Å². The number of carboxylic acids is 1. The molecule has 0 amide bonds. The second kappa shape index (κ2) is 8.04. The van der Waals surface area contributed by atoms with Crippen molar-refractivity contribution in [1.29, 1.82) is 0 Å². The van der Waals surface area contributed by atoms with Crippen LogP contribution in [0.15, 0.2) is 34.7 Å². The minimum absolute atomic E-state index is 0.109. The zero-order chi connectivity index (χ0) is 16.7. The summed E-state index contributed by atoms with van der Waals surface area (Å²) in [6.45, 7) is 2.08. The molecule has 2 N–H and O–H groups in total. The quantitative estimate of drug-likeness (QED) is 0.458. The van der Waals surface area contributed by atoms with E-state index in [2.05, 4.69) is 15.5 Å². The molecule has 0 saturated heterocycles. The van der Waals surface area contributed by atoms with Crippen LogP contribution in [0.3, 0.4) is 0 Å². The Morgan fingerprint density at radius 3 is 2.96 bits per heavy atom. The maximum atomic E-state index is 11.4. The van der Waals surface area contributed by atoms with Crippen molar-refractivity contribution in [2.24, 2.45) is 5.10 Å². The van der Waals surface area contributed by atoms with E-state index in [4.69, 9.17) is 9.84 Å². The first-order chi connectivity index (χ1) is 11.1. The van der Waals surface area contributed by atoms with E-state index in [0.29, 0.717) is 23.0 Å². The topological polar surface area (TPSA) is 101 Å². The summed E-state index contributed by atoms with van der Waals surface area (Å²) < 4.78 is 4.85. The highest BCUT2D eigenvalue weighted by atomic mass is 32.1. The average Bonchev–Trinajstić information content (AvgIpc) is 2.95. The minimum Gasteiger partial charge on any atom is -0.478 e. The van der Waals surface area contributed by atoms with E-state index < -0.39 is 5.97 Å². The van der Waals surface area contributed by atoms with Crippen LogP contribution in [-0.2, 0) is 16.0 Å². The van der Waals surface area contributed by atoms with Crippen LogP contribution < -0.4 is 5.43 Å². The molecule has 0 aliphatic heterocycles. The Bertz CT molecular complexity index is 727. The van der Waals surface area contributed by atoms with Crippen LogP contribution in [0.4, 0.5) is 5.13 Å². The predicted molar refractivity (Wildman–Crippen MR) is 87.1 cm³/mol. The molecule has 0 bridgehead atoms. The molecule has 23 heavy (non-hydrogen) atoms. The molecule has 0 atom stereocenters. The Kier molecular flexibility index (Phi) is 5.81. The number of thiazole rings is 1. The number of carbonyl (C=O) groups excluding carboxylic acids is 1. The van der Waals surface area contributed by atoms with Crippen molar-refractivity contribution < 1.29 is 19.4 Å². The van der Waals surface area contributed by atoms with Crippen molar-refractivity contribution in [1.82, 2.24) is 4.98 Å². The van der Waals surface area contributed by atoms with Gasteiger partial charge in [-0.3, -0.25) is 10.2 Å². The Balaban J connectivity index is 1.98. The van der Waals surface area contributed by atoms with Gasteiger partial charge < -0.3 is 9.84 Å². The largest absolute Gasteiger partial charge is 0.478 e. The lowest BCUT2D eigenvalue weighted by Gasteiger charge is -1.99. The third-order valence-corrected chi connectivity index (χ3v) is 3.53. The number of hydrogen-bond donors (Lipinski definition) is 2. The first-order valence-electron chi connectivity index (χ1n) is 6.81. The van der Waals surface area contributed by atoms with Crippen LogP contribution in [-0.4, -0.2) is 34.9 Å². The summed E-state index contributed by atoms with van der Waals surface area (Å²) in [6.07, 6.45) is 1.52. The Morgan fingerprint density at radius 2 is 2.22 bits per heavy atom. The van der Waals surface area contributed by atoms with Crippen LogP contribution in [0.1, 0.15) is 28.5 Å². The highest BCUT2D eigenvalue weighted by molar-refractivity contribution is 7.13. The second-order valence-electron chi connectivity index (χ2n) is 4.39. The number of nitrogens with one attached hydrogen (secondary N) is 1. The van der Waals surface area contributed by atoms with Crippen LogP contribution in [0, 0.1) is 0 Å². The fraction of sp³-hybridized carbons (Fsp3) is 0.200. The fourth-order valence-electron chi connectivity index (χ4n) is 1.76. The van der Waals surface area contributed by atoms with Crippen LogP contribution >= 0.6 is 11.3 Å². The lowest BCUT2D eigenvalue weighted by Crippen LogP contribution is -2.07. The molecule has 2 rings (SSSR count). The van der Waals surface area contributed by atoms with Gasteiger partial charge in [0.05, 0.1) is 30.5 Å². The summed E-state index contributed by atoms with van der Waals surface area (Å²) in [5, 5.41) is 15.3. The molecule has 8 heteroatoms. The van der Waals surface area contributed by atoms with Crippen molar-refractivity contribution in [2.75, 3.05) is 12.0 Å². The van der Waals surface area contributed by atoms with E-state index in [1.807, 2.05) is 0 Å². The van der Waals surface area contributed by atoms with Gasteiger partial charge in [-0.05, 0) is 13.0 Å². The number of hydrogen-bond acceptors (Lipinski definition) is 7. The first-order valence-corrected chi connectivity index (χ1v) is 7.69. The first kappa shape index (κ1) is 16.6. The van der Waals surface area contributed by atoms with Gasteiger partial charge in [-0.1, -0.05) is 18.2 Å². The second-order valence-corrected chi connectivity index (χ2v) is 5.25. The Labute approximate surface area is 136 Å². The fourth-order valence-corrected chi connectivity index (χ4v) is 2.42. The summed E-state index contributed by atoms with van der Waals surface area (Å²) in [7, 11) is 0. The maximum Gasteiger partial charge on any atom is 0.336 e. The number of esters is 1. The van der Waals surface area contributed by atoms with E-state index in [0.717, 1.165) is 0 Å². The molecule has 7 nitrogen and oxygen atoms in total. The van der Waals surface area contributed by atoms with E-state index >= 15 is 0 Å². The van der Waals surface area contributed by atoms with Gasteiger partial charge in [-0.25, -0.2) is 9.78 Å². The van der Waals surface area contributed by atoms with Gasteiger partial charge in [-0.15, -0.1) is 11.3 Å². The molecular weight excluding hydrogens is 318 g/mol. The normalized spacial score (nSPS) is 10.7. The molecule has 0 unspecified atom stereocenters. The molecule has 0 radical (unpaired) electrons. The number of hydrazone groups is 1. The van der Waals surface area contributed by atoms with Gasteiger partial charge >= 0.3 is 11.9 Å². The number of aromatic carboxylic acids is 1. The summed E-state index contributed by atoms with van der Waals surface area (Å²) in [4.78, 5) is 26.6. The summed E-state index contributed by atoms with van der Waals surface area (Å²) in [5.74, 6) is -1.35. The zero-order valence-electron chi connectivity index (χ0n) is 12.4. The molecule has 0 aliphatic rings. The molecule has 120 valence electrons.